The number of rotatable bonds is 8. The summed E-state index contributed by atoms with van der Waals surface area (Å²) in [7, 11) is 0. The van der Waals surface area contributed by atoms with Crippen molar-refractivity contribution in [2.75, 3.05) is 26.4 Å². The molecular weight excluding hydrogens is 422 g/mol. The lowest BCUT2D eigenvalue weighted by atomic mass is 10.0. The predicted molar refractivity (Wildman–Crippen MR) is 113 cm³/mol. The molecule has 0 N–H and O–H groups in total. The van der Waals surface area contributed by atoms with Crippen molar-refractivity contribution in [1.82, 2.24) is 4.57 Å². The molecule has 1 aromatic carbocycles. The summed E-state index contributed by atoms with van der Waals surface area (Å²) in [6.07, 6.45) is -0.587. The third kappa shape index (κ3) is 5.45. The number of esters is 2. The Morgan fingerprint density at radius 3 is 2.00 bits per heavy atom. The number of benzene rings is 1. The molecule has 0 spiro atoms. The van der Waals surface area contributed by atoms with Crippen molar-refractivity contribution < 1.29 is 42.9 Å². The number of aromatic nitrogens is 1. The summed E-state index contributed by atoms with van der Waals surface area (Å²) >= 11 is 0. The fourth-order valence-corrected chi connectivity index (χ4v) is 2.87. The van der Waals surface area contributed by atoms with Crippen molar-refractivity contribution in [3.05, 3.63) is 41.8 Å². The Morgan fingerprint density at radius 2 is 1.38 bits per heavy atom. The van der Waals surface area contributed by atoms with Gasteiger partial charge in [-0.15, -0.1) is 0 Å². The van der Waals surface area contributed by atoms with Gasteiger partial charge in [0, 0.05) is 17.1 Å². The maximum atomic E-state index is 12.9. The third-order valence-corrected chi connectivity index (χ3v) is 4.06. The van der Waals surface area contributed by atoms with E-state index >= 15 is 0 Å². The molecule has 0 radical (unpaired) electrons. The van der Waals surface area contributed by atoms with Gasteiger partial charge in [-0.05, 0) is 33.8 Å². The second-order valence-corrected chi connectivity index (χ2v) is 6.06. The fourth-order valence-electron chi connectivity index (χ4n) is 2.87. The number of para-hydroxylation sites is 1. The molecule has 0 amide bonds. The molecular formula is C22H25NO9. The van der Waals surface area contributed by atoms with Gasteiger partial charge in [0.2, 0.25) is 5.76 Å². The molecule has 0 aliphatic rings. The number of hydrogen-bond acceptors (Lipinski definition) is 9. The van der Waals surface area contributed by atoms with Crippen LogP contribution in [0.2, 0.25) is 0 Å². The van der Waals surface area contributed by atoms with E-state index in [-0.39, 0.29) is 32.0 Å². The normalized spacial score (nSPS) is 11.4. The average Bonchev–Trinajstić information content (AvgIpc) is 3.13. The highest BCUT2D eigenvalue weighted by molar-refractivity contribution is 6.25. The van der Waals surface area contributed by atoms with Crippen LogP contribution >= 0.6 is 0 Å². The zero-order valence-corrected chi connectivity index (χ0v) is 18.3. The average molecular weight is 447 g/mol. The van der Waals surface area contributed by atoms with Crippen LogP contribution in [0.4, 0.5) is 9.59 Å². The zero-order chi connectivity index (χ0) is 23.7. The number of carbonyl (C=O) groups is 4. The van der Waals surface area contributed by atoms with E-state index in [1.165, 1.54) is 10.8 Å². The molecule has 2 rings (SSSR count). The molecule has 1 heterocycles. The van der Waals surface area contributed by atoms with E-state index in [2.05, 4.69) is 0 Å². The van der Waals surface area contributed by atoms with E-state index in [0.717, 1.165) is 0 Å². The summed E-state index contributed by atoms with van der Waals surface area (Å²) in [5.41, 5.74) is 0.124. The Kier molecular flexibility index (Phi) is 8.82. The lowest BCUT2D eigenvalue weighted by Gasteiger charge is -2.13. The van der Waals surface area contributed by atoms with E-state index < -0.39 is 35.5 Å². The van der Waals surface area contributed by atoms with Gasteiger partial charge in [-0.1, -0.05) is 18.2 Å². The Bertz CT molecular complexity index is 1040. The first kappa shape index (κ1) is 24.4. The number of carbonyl (C=O) groups excluding carboxylic acids is 4. The Hall–Kier alpha value is -3.82. The van der Waals surface area contributed by atoms with Crippen LogP contribution in [0.3, 0.4) is 0 Å². The summed E-state index contributed by atoms with van der Waals surface area (Å²) in [5.74, 6) is -2.74. The van der Waals surface area contributed by atoms with Gasteiger partial charge in [0.1, 0.15) is 5.57 Å². The topological polar surface area (TPSA) is 119 Å². The van der Waals surface area contributed by atoms with Gasteiger partial charge in [-0.25, -0.2) is 19.2 Å². The van der Waals surface area contributed by atoms with Crippen molar-refractivity contribution in [2.24, 2.45) is 0 Å². The van der Waals surface area contributed by atoms with E-state index in [9.17, 15) is 19.2 Å². The Balaban J connectivity index is 2.84. The van der Waals surface area contributed by atoms with Gasteiger partial charge in [-0.3, -0.25) is 4.57 Å². The number of ether oxygens (including phenoxy) is 5. The van der Waals surface area contributed by atoms with E-state index in [0.29, 0.717) is 10.9 Å². The van der Waals surface area contributed by atoms with Crippen LogP contribution in [-0.4, -0.2) is 55.2 Å². The van der Waals surface area contributed by atoms with Crippen LogP contribution in [0.15, 0.2) is 36.2 Å². The van der Waals surface area contributed by atoms with E-state index in [1.54, 1.807) is 52.0 Å². The molecule has 10 nitrogen and oxygen atoms in total. The quantitative estimate of drug-likeness (QED) is 0.258. The van der Waals surface area contributed by atoms with Crippen LogP contribution in [0.25, 0.3) is 16.5 Å². The standard InChI is InChI=1S/C22H25NO9/c1-5-28-19(24)17(18(20(25)29-6-2)32-22(27)31-8-4)15-13-23(21(26)30-7-3)16-12-10-9-11-14(15)16/h9-13H,5-8H2,1-4H3/b18-17+. The minimum absolute atomic E-state index is 0.0195. The van der Waals surface area contributed by atoms with Crippen molar-refractivity contribution in [1.29, 1.82) is 0 Å². The molecule has 172 valence electrons. The summed E-state index contributed by atoms with van der Waals surface area (Å²) in [6, 6.07) is 6.64. The van der Waals surface area contributed by atoms with Gasteiger partial charge in [0.05, 0.1) is 31.9 Å². The highest BCUT2D eigenvalue weighted by atomic mass is 16.7. The Labute approximate surface area is 184 Å². The van der Waals surface area contributed by atoms with Crippen LogP contribution in [0, 0.1) is 0 Å². The molecule has 0 saturated carbocycles. The largest absolute Gasteiger partial charge is 0.514 e. The lowest BCUT2D eigenvalue weighted by Crippen LogP contribution is -2.21. The first-order chi connectivity index (χ1) is 15.4. The molecule has 0 bridgehead atoms. The van der Waals surface area contributed by atoms with Gasteiger partial charge in [-0.2, -0.15) is 0 Å². The molecule has 32 heavy (non-hydrogen) atoms. The number of nitrogens with zero attached hydrogens (tertiary/aromatic N) is 1. The second kappa shape index (κ2) is 11.5. The van der Waals surface area contributed by atoms with Crippen LogP contribution in [0.1, 0.15) is 33.3 Å². The van der Waals surface area contributed by atoms with Gasteiger partial charge >= 0.3 is 24.2 Å². The van der Waals surface area contributed by atoms with E-state index in [4.69, 9.17) is 23.7 Å². The monoisotopic (exact) mass is 447 g/mol. The number of hydrogen-bond donors (Lipinski definition) is 0. The molecule has 1 aromatic heterocycles. The van der Waals surface area contributed by atoms with Gasteiger partial charge in [0.25, 0.3) is 0 Å². The molecule has 0 saturated heterocycles. The van der Waals surface area contributed by atoms with Gasteiger partial charge in [0.15, 0.2) is 0 Å². The minimum Gasteiger partial charge on any atom is -0.462 e. The first-order valence-corrected chi connectivity index (χ1v) is 10.1. The first-order valence-electron chi connectivity index (χ1n) is 10.1. The van der Waals surface area contributed by atoms with Crippen molar-refractivity contribution in [3.8, 4) is 0 Å². The maximum Gasteiger partial charge on any atom is 0.514 e. The molecule has 0 aliphatic carbocycles. The van der Waals surface area contributed by atoms with Crippen LogP contribution < -0.4 is 0 Å². The SMILES string of the molecule is CCOC(=O)O/C(C(=O)OCC)=C(/C(=O)OCC)c1cn(C(=O)OCC)c2ccccc12. The highest BCUT2D eigenvalue weighted by Crippen LogP contribution is 2.31. The smallest absolute Gasteiger partial charge is 0.462 e. The van der Waals surface area contributed by atoms with E-state index in [1.807, 2.05) is 0 Å². The highest BCUT2D eigenvalue weighted by Gasteiger charge is 2.32. The lowest BCUT2D eigenvalue weighted by molar-refractivity contribution is -0.143. The molecule has 0 unspecified atom stereocenters. The molecule has 0 fully saturated rings. The van der Waals surface area contributed by atoms with Crippen molar-refractivity contribution in [3.63, 3.8) is 0 Å². The molecule has 0 atom stereocenters. The second-order valence-electron chi connectivity index (χ2n) is 6.06. The maximum absolute atomic E-state index is 12.9. The fraction of sp³-hybridized carbons (Fsp3) is 0.364. The van der Waals surface area contributed by atoms with Gasteiger partial charge < -0.3 is 23.7 Å². The summed E-state index contributed by atoms with van der Waals surface area (Å²) in [6.45, 7) is 6.37. The van der Waals surface area contributed by atoms with Crippen LogP contribution in [0.5, 0.6) is 0 Å². The molecule has 2 aromatic rings. The summed E-state index contributed by atoms with van der Waals surface area (Å²) < 4.78 is 26.2. The molecule has 10 heteroatoms. The summed E-state index contributed by atoms with van der Waals surface area (Å²) in [4.78, 5) is 50.1. The molecule has 0 aliphatic heterocycles. The zero-order valence-electron chi connectivity index (χ0n) is 18.3. The van der Waals surface area contributed by atoms with Crippen LogP contribution in [-0.2, 0) is 33.3 Å². The minimum atomic E-state index is -1.20. The third-order valence-electron chi connectivity index (χ3n) is 4.06. The summed E-state index contributed by atoms with van der Waals surface area (Å²) in [5, 5.41) is 0.415. The Morgan fingerprint density at radius 1 is 0.781 bits per heavy atom. The number of fused-ring (bicyclic) bond motifs is 1. The van der Waals surface area contributed by atoms with Crippen molar-refractivity contribution in [2.45, 2.75) is 27.7 Å². The van der Waals surface area contributed by atoms with Crippen molar-refractivity contribution >= 4 is 40.7 Å². The predicted octanol–water partition coefficient (Wildman–Crippen LogP) is 3.66.